The van der Waals surface area contributed by atoms with Gasteiger partial charge in [-0.3, -0.25) is 24.2 Å². The number of nitrogens with one attached hydrogen (secondary N) is 4. The molecular weight excluding hydrogens is 584 g/mol. The summed E-state index contributed by atoms with van der Waals surface area (Å²) in [5.41, 5.74) is 11.8. The number of fused-ring (bicyclic) bond motifs is 1. The Balaban J connectivity index is 1.47. The van der Waals surface area contributed by atoms with Gasteiger partial charge in [0.15, 0.2) is 12.4 Å². The number of hydrogen-bond donors (Lipinski definition) is 10. The van der Waals surface area contributed by atoms with Gasteiger partial charge in [-0.25, -0.2) is 4.79 Å². The number of carboxylic acid groups (broad SMARTS) is 1. The van der Waals surface area contributed by atoms with Crippen LogP contribution in [0.5, 0.6) is 0 Å². The molecule has 0 aliphatic carbocycles. The molecule has 2 heterocycles. The Bertz CT molecular complexity index is 1400. The van der Waals surface area contributed by atoms with Gasteiger partial charge in [0.25, 0.3) is 11.5 Å². The average molecular weight is 621 g/mol. The fourth-order valence-electron chi connectivity index (χ4n) is 4.26. The Morgan fingerprint density at radius 2 is 1.89 bits per heavy atom. The fourth-order valence-corrected chi connectivity index (χ4v) is 4.26. The number of hydrogen-bond acceptors (Lipinski definition) is 15. The van der Waals surface area contributed by atoms with Crippen molar-refractivity contribution < 1.29 is 44.3 Å². The number of aliphatic hydroxyl groups excluding tert-OH is 3. The number of anilines is 4. The van der Waals surface area contributed by atoms with Gasteiger partial charge in [0.1, 0.15) is 23.9 Å². The van der Waals surface area contributed by atoms with Crippen LogP contribution < -0.4 is 37.9 Å². The Labute approximate surface area is 250 Å². The molecular formula is C26H36N8O10. The van der Waals surface area contributed by atoms with Crippen LogP contribution in [0.4, 0.5) is 23.1 Å². The normalized spacial score (nSPS) is 16.8. The first kappa shape index (κ1) is 33.7. The zero-order valence-corrected chi connectivity index (χ0v) is 23.7. The first-order valence-electron chi connectivity index (χ1n) is 13.5. The van der Waals surface area contributed by atoms with Crippen molar-refractivity contribution in [2.24, 2.45) is 5.73 Å². The van der Waals surface area contributed by atoms with E-state index >= 15 is 0 Å². The van der Waals surface area contributed by atoms with E-state index in [0.717, 1.165) is 0 Å². The molecule has 5 atom stereocenters. The summed E-state index contributed by atoms with van der Waals surface area (Å²) >= 11 is 0. The molecule has 2 aromatic rings. The highest BCUT2D eigenvalue weighted by Gasteiger charge is 2.30. The number of carbonyl (C=O) groups excluding carboxylic acids is 3. The van der Waals surface area contributed by atoms with Crippen LogP contribution in [0.15, 0.2) is 29.1 Å². The Hall–Kier alpha value is -4.78. The smallest absolute Gasteiger partial charge is 0.326 e. The second-order valence-corrected chi connectivity index (χ2v) is 10.1. The first-order chi connectivity index (χ1) is 20.8. The van der Waals surface area contributed by atoms with E-state index in [1.54, 1.807) is 24.1 Å². The highest BCUT2D eigenvalue weighted by atomic mass is 16.5. The second-order valence-electron chi connectivity index (χ2n) is 10.1. The minimum Gasteiger partial charge on any atom is -0.480 e. The van der Waals surface area contributed by atoms with Crippen LogP contribution in [-0.4, -0.2) is 118 Å². The summed E-state index contributed by atoms with van der Waals surface area (Å²) < 4.78 is 4.72. The summed E-state index contributed by atoms with van der Waals surface area (Å²) in [6.07, 6.45) is -4.61. The fraction of sp³-hybridized carbons (Fsp3) is 0.462. The van der Waals surface area contributed by atoms with E-state index < -0.39 is 67.6 Å². The summed E-state index contributed by atoms with van der Waals surface area (Å²) in [6.45, 7) is -0.695. The summed E-state index contributed by atoms with van der Waals surface area (Å²) in [4.78, 5) is 68.9. The molecule has 240 valence electrons. The molecule has 18 nitrogen and oxygen atoms in total. The minimum atomic E-state index is -2.00. The highest BCUT2D eigenvalue weighted by molar-refractivity contribution is 5.97. The van der Waals surface area contributed by atoms with Crippen molar-refractivity contribution in [3.05, 3.63) is 40.2 Å². The third-order valence-electron chi connectivity index (χ3n) is 6.93. The number of benzene rings is 1. The van der Waals surface area contributed by atoms with E-state index in [1.807, 2.05) is 0 Å². The van der Waals surface area contributed by atoms with Gasteiger partial charge in [-0.2, -0.15) is 4.98 Å². The van der Waals surface area contributed by atoms with Crippen LogP contribution in [0.25, 0.3) is 0 Å². The lowest BCUT2D eigenvalue weighted by atomic mass is 10.0. The number of likely N-dealkylation sites (N-methyl/N-ethyl adjacent to an activating group) is 1. The molecule has 2 unspecified atom stereocenters. The predicted molar refractivity (Wildman–Crippen MR) is 156 cm³/mol. The molecule has 12 N–H and O–H groups in total. The van der Waals surface area contributed by atoms with Crippen molar-refractivity contribution in [2.75, 3.05) is 54.6 Å². The van der Waals surface area contributed by atoms with Crippen molar-refractivity contribution in [3.8, 4) is 0 Å². The molecule has 0 fully saturated rings. The van der Waals surface area contributed by atoms with E-state index in [1.165, 1.54) is 12.1 Å². The van der Waals surface area contributed by atoms with Gasteiger partial charge in [-0.15, -0.1) is 0 Å². The van der Waals surface area contributed by atoms with Crippen molar-refractivity contribution in [2.45, 2.75) is 43.2 Å². The van der Waals surface area contributed by atoms with Crippen LogP contribution in [0, 0.1) is 0 Å². The largest absolute Gasteiger partial charge is 0.480 e. The number of aromatic nitrogens is 2. The number of Topliss-reactive ketones (excluding diaryl/α,β-unsaturated/α-hetero) is 1. The summed E-state index contributed by atoms with van der Waals surface area (Å²) in [5.74, 6) is -3.75. The Kier molecular flexibility index (Phi) is 11.6. The van der Waals surface area contributed by atoms with E-state index in [9.17, 15) is 39.3 Å². The van der Waals surface area contributed by atoms with Gasteiger partial charge in [0, 0.05) is 37.8 Å². The van der Waals surface area contributed by atoms with Gasteiger partial charge < -0.3 is 57.5 Å². The van der Waals surface area contributed by atoms with Crippen molar-refractivity contribution in [1.82, 2.24) is 15.3 Å². The molecule has 0 saturated heterocycles. The molecule has 1 aliphatic rings. The van der Waals surface area contributed by atoms with Gasteiger partial charge in [-0.1, -0.05) is 0 Å². The predicted octanol–water partition coefficient (Wildman–Crippen LogP) is -3.19. The third kappa shape index (κ3) is 8.63. The molecule has 0 bridgehead atoms. The number of aromatic amines is 1. The Morgan fingerprint density at radius 1 is 1.20 bits per heavy atom. The lowest BCUT2D eigenvalue weighted by molar-refractivity contribution is -0.153. The lowest BCUT2D eigenvalue weighted by Crippen LogP contribution is -2.49. The van der Waals surface area contributed by atoms with Crippen molar-refractivity contribution in [3.63, 3.8) is 0 Å². The van der Waals surface area contributed by atoms with Gasteiger partial charge in [0.05, 0.1) is 18.7 Å². The maximum absolute atomic E-state index is 12.7. The number of ether oxygens (including phenoxy) is 1. The van der Waals surface area contributed by atoms with Gasteiger partial charge in [-0.05, 0) is 30.7 Å². The minimum absolute atomic E-state index is 0.0114. The quantitative estimate of drug-likeness (QED) is 0.0877. The molecule has 1 aliphatic heterocycles. The number of ketones is 1. The van der Waals surface area contributed by atoms with Crippen LogP contribution in [0.1, 0.15) is 23.2 Å². The number of aliphatic carboxylic acids is 1. The van der Waals surface area contributed by atoms with E-state index in [4.69, 9.17) is 21.3 Å². The van der Waals surface area contributed by atoms with Crippen LogP contribution in [-0.2, 0) is 19.1 Å². The monoisotopic (exact) mass is 620 g/mol. The maximum atomic E-state index is 12.7. The maximum Gasteiger partial charge on any atom is 0.326 e. The van der Waals surface area contributed by atoms with E-state index in [2.05, 4.69) is 25.9 Å². The molecule has 0 saturated carbocycles. The standard InChI is InChI=1S/C26H36N8O10/c1-34-14(9-30-22-19(34)24(41)33-26(28)32-22)8-29-13-4-2-12(3-5-13)23(40)31-16(25(42)43)6-7-18(37)44-11-17(36)21(39)20(38)15(27)10-35/h2-5,14-16,20-21,29,35,38-39H,6-11,27H2,1H3,(H,31,40)(H,42,43)(H4,28,30,32,33,41)/t14?,15-,16?,20+,21-/m0/s1. The average Bonchev–Trinajstić information content (AvgIpc) is 2.99. The summed E-state index contributed by atoms with van der Waals surface area (Å²) in [7, 11) is 1.76. The molecule has 3 rings (SSSR count). The third-order valence-corrected chi connectivity index (χ3v) is 6.93. The molecule has 0 radical (unpaired) electrons. The van der Waals surface area contributed by atoms with Crippen LogP contribution in [0.3, 0.4) is 0 Å². The molecule has 0 spiro atoms. The number of nitrogens with two attached hydrogens (primary N) is 2. The summed E-state index contributed by atoms with van der Waals surface area (Å²) in [6, 6.07) is 3.34. The summed E-state index contributed by atoms with van der Waals surface area (Å²) in [5, 5.41) is 46.4. The molecule has 1 aromatic heterocycles. The lowest BCUT2D eigenvalue weighted by Gasteiger charge is -2.35. The molecule has 18 heteroatoms. The van der Waals surface area contributed by atoms with E-state index in [0.29, 0.717) is 30.3 Å². The zero-order chi connectivity index (χ0) is 32.6. The van der Waals surface area contributed by atoms with Crippen LogP contribution >= 0.6 is 0 Å². The number of carboxylic acids is 1. The molecule has 1 aromatic carbocycles. The van der Waals surface area contributed by atoms with Crippen molar-refractivity contribution in [1.29, 1.82) is 0 Å². The number of H-pyrrole nitrogens is 1. The Morgan fingerprint density at radius 3 is 2.52 bits per heavy atom. The van der Waals surface area contributed by atoms with Crippen LogP contribution in [0.2, 0.25) is 0 Å². The SMILES string of the molecule is CN1c2c(nc(N)[nH]c2=O)NCC1CNc1ccc(C(=O)NC(CCC(=O)OCC(=O)[C@H](O)[C@H](O)[C@@H](N)CO)C(=O)O)cc1. The molecule has 44 heavy (non-hydrogen) atoms. The number of nitrogen functional groups attached to an aromatic ring is 1. The topological polar surface area (TPSA) is 296 Å². The first-order valence-corrected chi connectivity index (χ1v) is 13.5. The van der Waals surface area contributed by atoms with Gasteiger partial charge in [0.2, 0.25) is 11.7 Å². The number of esters is 1. The number of nitrogens with zero attached hydrogens (tertiary/aromatic N) is 2. The van der Waals surface area contributed by atoms with Gasteiger partial charge >= 0.3 is 11.9 Å². The number of amides is 1. The number of carbonyl (C=O) groups is 4. The van der Waals surface area contributed by atoms with E-state index in [-0.39, 0.29) is 29.5 Å². The molecule has 1 amide bonds. The highest BCUT2D eigenvalue weighted by Crippen LogP contribution is 2.25. The number of rotatable bonds is 15. The zero-order valence-electron chi connectivity index (χ0n) is 23.7. The number of aliphatic hydroxyl groups is 3. The second kappa shape index (κ2) is 15.1. The van der Waals surface area contributed by atoms with Crippen molar-refractivity contribution >= 4 is 46.8 Å².